The summed E-state index contributed by atoms with van der Waals surface area (Å²) >= 11 is 0. The predicted molar refractivity (Wildman–Crippen MR) is 155 cm³/mol. The first-order valence-electron chi connectivity index (χ1n) is 12.7. The lowest BCUT2D eigenvalue weighted by Gasteiger charge is -2.30. The van der Waals surface area contributed by atoms with E-state index in [-0.39, 0.29) is 6.10 Å². The number of methoxy groups -OCH3 is 1. The average molecular weight is 537 g/mol. The van der Waals surface area contributed by atoms with Gasteiger partial charge in [0.25, 0.3) is 0 Å². The van der Waals surface area contributed by atoms with Crippen molar-refractivity contribution < 1.29 is 29.1 Å². The van der Waals surface area contributed by atoms with Gasteiger partial charge in [-0.05, 0) is 40.5 Å². The van der Waals surface area contributed by atoms with Gasteiger partial charge in [-0.3, -0.25) is 0 Å². The molecule has 1 fully saturated rings. The minimum absolute atomic E-state index is 0.162. The fourth-order valence-corrected chi connectivity index (χ4v) is 3.23. The van der Waals surface area contributed by atoms with Crippen molar-refractivity contribution in [1.29, 1.82) is 0 Å². The number of hydroxylamine groups is 1. The number of likely N-dealkylation sites (tertiary alicyclic amines) is 1. The third-order valence-electron chi connectivity index (χ3n) is 5.54. The van der Waals surface area contributed by atoms with Gasteiger partial charge in [0.05, 0.1) is 6.10 Å². The number of carboxylic acids is 1. The number of amides is 2. The number of carbonyl (C=O) groups is 3. The quantitative estimate of drug-likeness (QED) is 0.193. The van der Waals surface area contributed by atoms with Crippen molar-refractivity contribution in [2.45, 2.75) is 46.6 Å². The summed E-state index contributed by atoms with van der Waals surface area (Å²) in [4.78, 5) is 40.9. The Morgan fingerprint density at radius 2 is 1.18 bits per heavy atom. The summed E-state index contributed by atoms with van der Waals surface area (Å²) in [6.07, 6.45) is 26.4. The van der Waals surface area contributed by atoms with Crippen LogP contribution in [0.2, 0.25) is 0 Å². The lowest BCUT2D eigenvalue weighted by molar-refractivity contribution is -0.143. The molecule has 8 heteroatoms. The maximum absolute atomic E-state index is 12.1. The first-order chi connectivity index (χ1) is 18.6. The van der Waals surface area contributed by atoms with Gasteiger partial charge in [0.15, 0.2) is 0 Å². The molecule has 0 saturated carbocycles. The van der Waals surface area contributed by atoms with E-state index >= 15 is 0 Å². The number of nitrogens with one attached hydrogen (secondary N) is 1. The molecule has 0 radical (unpaired) electrons. The normalized spacial score (nSPS) is 16.9. The first-order valence-corrected chi connectivity index (χ1v) is 12.7. The zero-order valence-corrected chi connectivity index (χ0v) is 23.4. The summed E-state index contributed by atoms with van der Waals surface area (Å²) in [6.45, 7) is 8.75. The number of carbonyl (C=O) groups excluding carboxylic acids is 2. The Kier molecular flexibility index (Phi) is 16.0. The topological polar surface area (TPSA) is 105 Å². The molecule has 0 spiro atoms. The number of piperidine rings is 1. The third-order valence-corrected chi connectivity index (χ3v) is 5.54. The highest BCUT2D eigenvalue weighted by atomic mass is 16.7. The second-order valence-corrected chi connectivity index (χ2v) is 9.00. The number of aliphatic carboxylic acids is 1. The summed E-state index contributed by atoms with van der Waals surface area (Å²) in [5, 5.41) is 8.63. The van der Waals surface area contributed by atoms with E-state index in [1.165, 1.54) is 6.08 Å². The first kappa shape index (κ1) is 32.9. The van der Waals surface area contributed by atoms with Crippen LogP contribution in [0.25, 0.3) is 0 Å². The molecule has 2 amide bonds. The second kappa shape index (κ2) is 19.0. The molecular formula is C31H40N2O6. The van der Waals surface area contributed by atoms with Gasteiger partial charge in [-0.1, -0.05) is 95.2 Å². The van der Waals surface area contributed by atoms with E-state index in [4.69, 9.17) is 14.7 Å². The van der Waals surface area contributed by atoms with Crippen LogP contribution in [0, 0.1) is 0 Å². The standard InChI is InChI=1S/C31H40N2O6/c1-24(12-8-14-26(3)16-18-29(34)35)10-6-7-11-25(2)13-9-15-27(4)17-19-30(36)39-32-31(37)33-22-20-28(38-5)21-23-33/h6-19,28H,20-23H2,1-5H3,(H,32,37)(H,34,35)/b7-6+,12-8+,13-9+,18-16+,19-17+,24-10+,25-11+,26-14-,27-15+. The van der Waals surface area contributed by atoms with Gasteiger partial charge in [0, 0.05) is 32.4 Å². The molecule has 1 saturated heterocycles. The Balaban J connectivity index is 2.45. The Labute approximate surface area is 231 Å². The van der Waals surface area contributed by atoms with Gasteiger partial charge in [-0.25, -0.2) is 14.4 Å². The SMILES string of the molecule is COC1CCN(C(=O)NOC(=O)/C=C/C(C)=C/C=C/C(C)=C/C=C/C=C(C)/C=C/C=C(C)\C=C\C(=O)O)CC1. The number of urea groups is 1. The largest absolute Gasteiger partial charge is 0.478 e. The fraction of sp³-hybridized carbons (Fsp3) is 0.323. The number of hydrogen-bond acceptors (Lipinski definition) is 5. The minimum atomic E-state index is -0.968. The van der Waals surface area contributed by atoms with Crippen LogP contribution in [0.3, 0.4) is 0 Å². The van der Waals surface area contributed by atoms with Crippen molar-refractivity contribution in [2.75, 3.05) is 20.2 Å². The highest BCUT2D eigenvalue weighted by Crippen LogP contribution is 2.12. The molecule has 0 aromatic rings. The van der Waals surface area contributed by atoms with E-state index < -0.39 is 18.0 Å². The van der Waals surface area contributed by atoms with Crippen LogP contribution in [0.5, 0.6) is 0 Å². The van der Waals surface area contributed by atoms with E-state index in [0.717, 1.165) is 41.2 Å². The van der Waals surface area contributed by atoms with Crippen molar-refractivity contribution in [3.8, 4) is 0 Å². The van der Waals surface area contributed by atoms with Gasteiger partial charge in [0.2, 0.25) is 0 Å². The highest BCUT2D eigenvalue weighted by molar-refractivity contribution is 5.84. The van der Waals surface area contributed by atoms with Crippen LogP contribution >= 0.6 is 0 Å². The lowest BCUT2D eigenvalue weighted by Crippen LogP contribution is -2.46. The van der Waals surface area contributed by atoms with E-state index in [2.05, 4.69) is 5.48 Å². The monoisotopic (exact) mass is 536 g/mol. The second-order valence-electron chi connectivity index (χ2n) is 9.00. The molecule has 0 aromatic heterocycles. The highest BCUT2D eigenvalue weighted by Gasteiger charge is 2.22. The molecule has 1 aliphatic rings. The Hall–Kier alpha value is -4.17. The zero-order chi connectivity index (χ0) is 29.0. The van der Waals surface area contributed by atoms with Gasteiger partial charge >= 0.3 is 18.0 Å². The molecule has 0 bridgehead atoms. The van der Waals surface area contributed by atoms with E-state index in [9.17, 15) is 14.4 Å². The van der Waals surface area contributed by atoms with Gasteiger partial charge < -0.3 is 19.6 Å². The van der Waals surface area contributed by atoms with Crippen molar-refractivity contribution >= 4 is 18.0 Å². The molecule has 0 aliphatic carbocycles. The number of nitrogens with zero attached hydrogens (tertiary/aromatic N) is 1. The van der Waals surface area contributed by atoms with Crippen LogP contribution in [0.4, 0.5) is 4.79 Å². The maximum Gasteiger partial charge on any atom is 0.355 e. The number of ether oxygens (including phenoxy) is 1. The molecule has 1 heterocycles. The summed E-state index contributed by atoms with van der Waals surface area (Å²) in [7, 11) is 1.66. The number of allylic oxidation sites excluding steroid dienone is 16. The van der Waals surface area contributed by atoms with E-state index in [1.807, 2.05) is 88.5 Å². The molecule has 0 aromatic carbocycles. The Bertz CT molecular complexity index is 1110. The van der Waals surface area contributed by atoms with Crippen molar-refractivity contribution in [3.63, 3.8) is 0 Å². The fourth-order valence-electron chi connectivity index (χ4n) is 3.23. The van der Waals surface area contributed by atoms with E-state index in [1.54, 1.807) is 24.2 Å². The number of carboxylic acid groups (broad SMARTS) is 1. The summed E-state index contributed by atoms with van der Waals surface area (Å²) in [6, 6.07) is -0.435. The van der Waals surface area contributed by atoms with Crippen LogP contribution in [0.15, 0.2) is 107 Å². The lowest BCUT2D eigenvalue weighted by atomic mass is 10.1. The van der Waals surface area contributed by atoms with Gasteiger partial charge in [-0.15, -0.1) is 0 Å². The molecule has 210 valence electrons. The smallest absolute Gasteiger partial charge is 0.355 e. The number of hydrogen-bond donors (Lipinski definition) is 2. The van der Waals surface area contributed by atoms with E-state index in [0.29, 0.717) is 13.1 Å². The molecule has 1 aliphatic heterocycles. The van der Waals surface area contributed by atoms with Crippen LogP contribution in [-0.2, 0) is 19.2 Å². The molecule has 0 atom stereocenters. The van der Waals surface area contributed by atoms with Crippen LogP contribution in [0.1, 0.15) is 40.5 Å². The summed E-state index contributed by atoms with van der Waals surface area (Å²) in [5.41, 5.74) is 5.97. The Morgan fingerprint density at radius 1 is 0.718 bits per heavy atom. The number of rotatable bonds is 11. The summed E-state index contributed by atoms with van der Waals surface area (Å²) in [5.74, 6) is -1.63. The Morgan fingerprint density at radius 3 is 1.67 bits per heavy atom. The van der Waals surface area contributed by atoms with Crippen molar-refractivity contribution in [1.82, 2.24) is 10.4 Å². The average Bonchev–Trinajstić information content (AvgIpc) is 2.91. The molecule has 8 nitrogen and oxygen atoms in total. The van der Waals surface area contributed by atoms with Crippen molar-refractivity contribution in [2.24, 2.45) is 0 Å². The molecule has 1 rings (SSSR count). The predicted octanol–water partition coefficient (Wildman–Crippen LogP) is 5.92. The molecule has 2 N–H and O–H groups in total. The van der Waals surface area contributed by atoms with Crippen LogP contribution < -0.4 is 5.48 Å². The van der Waals surface area contributed by atoms with Gasteiger partial charge in [-0.2, -0.15) is 5.48 Å². The van der Waals surface area contributed by atoms with Crippen molar-refractivity contribution in [3.05, 3.63) is 107 Å². The molecule has 0 unspecified atom stereocenters. The zero-order valence-electron chi connectivity index (χ0n) is 23.4. The van der Waals surface area contributed by atoms with Crippen LogP contribution in [-0.4, -0.2) is 54.3 Å². The minimum Gasteiger partial charge on any atom is -0.478 e. The molecule has 39 heavy (non-hydrogen) atoms. The molecular weight excluding hydrogens is 496 g/mol. The van der Waals surface area contributed by atoms with Gasteiger partial charge in [0.1, 0.15) is 0 Å². The maximum atomic E-state index is 12.1. The third kappa shape index (κ3) is 16.3. The summed E-state index contributed by atoms with van der Waals surface area (Å²) < 4.78 is 5.28.